The lowest BCUT2D eigenvalue weighted by molar-refractivity contribution is -0.136. The summed E-state index contributed by atoms with van der Waals surface area (Å²) in [6, 6.07) is 0. The second kappa shape index (κ2) is 54.7. The molecule has 84 heavy (non-hydrogen) atoms. The fourth-order valence-electron chi connectivity index (χ4n) is 4.33. The molecule has 0 aliphatic heterocycles. The summed E-state index contributed by atoms with van der Waals surface area (Å²) in [6.45, 7) is -5.32. The lowest BCUT2D eigenvalue weighted by Gasteiger charge is -2.22. The molecule has 0 amide bonds. The van der Waals surface area contributed by atoms with E-state index in [1.807, 2.05) is 0 Å². The number of rotatable bonds is 35. The van der Waals surface area contributed by atoms with Crippen molar-refractivity contribution >= 4 is 44.0 Å². The Balaban J connectivity index is -0.000000165. The molecule has 28 atom stereocenters. The van der Waals surface area contributed by atoms with Crippen LogP contribution in [0.25, 0.3) is 0 Å². The molecule has 0 aromatic heterocycles. The molecule has 0 saturated carbocycles. The average molecular weight is 1260 g/mol. The standard InChI is InChI=1S/7C6H12O6/c7*7-1-3(9)5(11)6(12)4(10)2-8/h7*1,3-6,8-12H,2H2/t7*3-,4+,5+,6+/m0000000/s1. The van der Waals surface area contributed by atoms with Crippen molar-refractivity contribution in [2.45, 2.75) is 171 Å². The second-order valence-corrected chi connectivity index (χ2v) is 16.5. The van der Waals surface area contributed by atoms with Crippen LogP contribution in [0.2, 0.25) is 0 Å². The van der Waals surface area contributed by atoms with Crippen LogP contribution in [0.15, 0.2) is 0 Å². The highest BCUT2D eigenvalue weighted by Crippen LogP contribution is 2.08. The van der Waals surface area contributed by atoms with Gasteiger partial charge in [-0.2, -0.15) is 0 Å². The van der Waals surface area contributed by atoms with E-state index in [9.17, 15) is 33.6 Å². The number of aliphatic hydroxyl groups is 35. The third-order valence-corrected chi connectivity index (χ3v) is 9.94. The normalized spacial score (nSPS) is 21.1. The zero-order chi connectivity index (χ0) is 68.1. The minimum Gasteiger partial charge on any atom is -0.394 e. The first kappa shape index (κ1) is 94.0. The molecule has 0 spiro atoms. The van der Waals surface area contributed by atoms with Crippen LogP contribution in [-0.4, -0.2) is 440 Å². The van der Waals surface area contributed by atoms with Crippen LogP contribution >= 0.6 is 0 Å². The van der Waals surface area contributed by atoms with E-state index in [0.717, 1.165) is 0 Å². The van der Waals surface area contributed by atoms with E-state index in [4.69, 9.17) is 179 Å². The van der Waals surface area contributed by atoms with Gasteiger partial charge in [-0.15, -0.1) is 0 Å². The van der Waals surface area contributed by atoms with Gasteiger partial charge in [-0.1, -0.05) is 0 Å². The van der Waals surface area contributed by atoms with Crippen molar-refractivity contribution in [1.82, 2.24) is 0 Å². The molecule has 0 radical (unpaired) electrons. The van der Waals surface area contributed by atoms with Gasteiger partial charge in [0.15, 0.2) is 44.0 Å². The minimum atomic E-state index is -1.79. The zero-order valence-electron chi connectivity index (χ0n) is 43.7. The molecule has 0 saturated heterocycles. The third-order valence-electron chi connectivity index (χ3n) is 9.94. The summed E-state index contributed by atoms with van der Waals surface area (Å²) in [5.74, 6) is 0. The van der Waals surface area contributed by atoms with E-state index in [0.29, 0.717) is 0 Å². The van der Waals surface area contributed by atoms with Crippen molar-refractivity contribution in [2.24, 2.45) is 0 Å². The van der Waals surface area contributed by atoms with Gasteiger partial charge < -0.3 is 212 Å². The van der Waals surface area contributed by atoms with Gasteiger partial charge in [-0.25, -0.2) is 0 Å². The molecular formula is C42H84O42. The number of carbonyl (C=O) groups is 7. The van der Waals surface area contributed by atoms with E-state index >= 15 is 0 Å². The molecule has 504 valence electrons. The van der Waals surface area contributed by atoms with Crippen molar-refractivity contribution in [3.8, 4) is 0 Å². The fraction of sp³-hybridized carbons (Fsp3) is 0.833. The third kappa shape index (κ3) is 39.9. The van der Waals surface area contributed by atoms with Crippen molar-refractivity contribution in [2.75, 3.05) is 46.2 Å². The Morgan fingerprint density at radius 2 is 0.226 bits per heavy atom. The summed E-state index contributed by atoms with van der Waals surface area (Å²) >= 11 is 0. The quantitative estimate of drug-likeness (QED) is 0.0262. The summed E-state index contributed by atoms with van der Waals surface area (Å²) in [4.78, 5) is 69.3. The molecule has 0 aliphatic carbocycles. The van der Waals surface area contributed by atoms with Gasteiger partial charge in [-0.3, -0.25) is 0 Å². The maximum atomic E-state index is 9.90. The number of hydrogen-bond donors (Lipinski definition) is 35. The van der Waals surface area contributed by atoms with E-state index in [1.54, 1.807) is 0 Å². The minimum absolute atomic E-state index is 0.0258. The van der Waals surface area contributed by atoms with E-state index in [1.165, 1.54) is 0 Å². The first-order valence-corrected chi connectivity index (χ1v) is 23.3. The van der Waals surface area contributed by atoms with Gasteiger partial charge in [-0.05, 0) is 0 Å². The van der Waals surface area contributed by atoms with Crippen LogP contribution in [-0.2, 0) is 33.6 Å². The maximum absolute atomic E-state index is 9.90. The second-order valence-electron chi connectivity index (χ2n) is 16.5. The molecule has 42 nitrogen and oxygen atoms in total. The monoisotopic (exact) mass is 1260 g/mol. The summed E-state index contributed by atoms with van der Waals surface area (Å²) in [5.41, 5.74) is 0. The molecule has 0 rings (SSSR count). The van der Waals surface area contributed by atoms with Crippen LogP contribution in [0.5, 0.6) is 0 Å². The van der Waals surface area contributed by atoms with Crippen molar-refractivity contribution < 1.29 is 212 Å². The molecule has 0 aromatic carbocycles. The molecule has 0 fully saturated rings. The van der Waals surface area contributed by atoms with Crippen LogP contribution in [0, 0.1) is 0 Å². The van der Waals surface area contributed by atoms with E-state index < -0.39 is 217 Å². The predicted octanol–water partition coefficient (Wildman–Crippen LogP) is -23.7. The first-order valence-electron chi connectivity index (χ1n) is 23.3. The molecule has 0 aromatic rings. The number of hydrogen-bond acceptors (Lipinski definition) is 42. The van der Waals surface area contributed by atoms with Gasteiger partial charge in [0.1, 0.15) is 171 Å². The highest BCUT2D eigenvalue weighted by Gasteiger charge is 2.34. The maximum Gasteiger partial charge on any atom is 0.151 e. The Hall–Kier alpha value is -3.71. The lowest BCUT2D eigenvalue weighted by Crippen LogP contribution is -2.46. The topological polar surface area (TPSA) is 828 Å². The lowest BCUT2D eigenvalue weighted by atomic mass is 10.0. The molecule has 0 bridgehead atoms. The van der Waals surface area contributed by atoms with Gasteiger partial charge in [0, 0.05) is 0 Å². The predicted molar refractivity (Wildman–Crippen MR) is 260 cm³/mol. The van der Waals surface area contributed by atoms with E-state index in [-0.39, 0.29) is 44.0 Å². The Labute approximate surface area is 473 Å². The Morgan fingerprint density at radius 3 is 0.274 bits per heavy atom. The molecule has 0 aliphatic rings. The summed E-state index contributed by atoms with van der Waals surface area (Å²) in [7, 11) is 0. The van der Waals surface area contributed by atoms with Crippen molar-refractivity contribution in [1.29, 1.82) is 0 Å². The number of carbonyl (C=O) groups excluding carboxylic acids is 7. The molecule has 35 N–H and O–H groups in total. The molecule has 0 unspecified atom stereocenters. The Bertz CT molecular complexity index is 1280. The smallest absolute Gasteiger partial charge is 0.151 e. The number of aldehydes is 7. The summed E-state index contributed by atoms with van der Waals surface area (Å²) in [6.07, 6.45) is -47.9. The number of aliphatic hydroxyl groups excluding tert-OH is 35. The first-order chi connectivity index (χ1) is 38.8. The highest BCUT2D eigenvalue weighted by atomic mass is 16.4. The fourth-order valence-corrected chi connectivity index (χ4v) is 4.33. The largest absolute Gasteiger partial charge is 0.394 e. The molecule has 42 heteroatoms. The summed E-state index contributed by atoms with van der Waals surface area (Å²) in [5, 5.41) is 305. The molecular weight excluding hydrogens is 1180 g/mol. The van der Waals surface area contributed by atoms with Crippen LogP contribution in [0.4, 0.5) is 0 Å². The van der Waals surface area contributed by atoms with Crippen molar-refractivity contribution in [3.63, 3.8) is 0 Å². The highest BCUT2D eigenvalue weighted by molar-refractivity contribution is 5.58. The average Bonchev–Trinajstić information content (AvgIpc) is 3.53. The molecule has 0 heterocycles. The van der Waals surface area contributed by atoms with Crippen LogP contribution < -0.4 is 0 Å². The van der Waals surface area contributed by atoms with Gasteiger partial charge in [0.2, 0.25) is 0 Å². The Kier molecular flexibility index (Phi) is 61.2. The Morgan fingerprint density at radius 1 is 0.155 bits per heavy atom. The van der Waals surface area contributed by atoms with Crippen LogP contribution in [0.3, 0.4) is 0 Å². The zero-order valence-corrected chi connectivity index (χ0v) is 43.7. The summed E-state index contributed by atoms with van der Waals surface area (Å²) < 4.78 is 0. The van der Waals surface area contributed by atoms with Gasteiger partial charge in [0.05, 0.1) is 46.2 Å². The van der Waals surface area contributed by atoms with Gasteiger partial charge in [0.25, 0.3) is 0 Å². The van der Waals surface area contributed by atoms with Crippen molar-refractivity contribution in [3.05, 3.63) is 0 Å². The van der Waals surface area contributed by atoms with E-state index in [2.05, 4.69) is 0 Å². The van der Waals surface area contributed by atoms with Crippen LogP contribution in [0.1, 0.15) is 0 Å². The SMILES string of the molecule is O=C[C@H](O)[C@@H](O)[C@H](O)[C@H](O)CO.O=C[C@H](O)[C@@H](O)[C@H](O)[C@H](O)CO.O=C[C@H](O)[C@@H](O)[C@H](O)[C@H](O)CO.O=C[C@H](O)[C@@H](O)[C@H](O)[C@H](O)CO.O=C[C@H](O)[C@@H](O)[C@H](O)[C@H](O)CO.O=C[C@H](O)[C@@H](O)[C@H](O)[C@H](O)CO.O=C[C@H](O)[C@@H](O)[C@H](O)[C@H](O)CO. The van der Waals surface area contributed by atoms with Gasteiger partial charge >= 0.3 is 0 Å².